The molecule has 0 spiro atoms. The molecule has 5 nitrogen and oxygen atoms in total. The van der Waals surface area contributed by atoms with E-state index in [2.05, 4.69) is 10.5 Å². The number of carbonyl (C=O) groups excluding carboxylic acids is 1. The van der Waals surface area contributed by atoms with Crippen molar-refractivity contribution in [1.29, 1.82) is 0 Å². The van der Waals surface area contributed by atoms with Crippen LogP contribution in [0.5, 0.6) is 0 Å². The highest BCUT2D eigenvalue weighted by molar-refractivity contribution is 7.09. The number of nitrogens with one attached hydrogen (secondary N) is 1. The minimum atomic E-state index is -0.551. The maximum Gasteiger partial charge on any atom is 0.231 e. The van der Waals surface area contributed by atoms with Crippen LogP contribution in [0.25, 0.3) is 0 Å². The number of amidine groups is 1. The lowest BCUT2D eigenvalue weighted by Crippen LogP contribution is -2.38. The summed E-state index contributed by atoms with van der Waals surface area (Å²) >= 11 is 1.58. The van der Waals surface area contributed by atoms with Crippen molar-refractivity contribution < 1.29 is 10.0 Å². The van der Waals surface area contributed by atoms with Crippen LogP contribution >= 0.6 is 11.3 Å². The van der Waals surface area contributed by atoms with Gasteiger partial charge in [0.1, 0.15) is 0 Å². The Hall–Kier alpha value is -1.56. The third kappa shape index (κ3) is 4.07. The Morgan fingerprint density at radius 3 is 3.00 bits per heavy atom. The van der Waals surface area contributed by atoms with Crippen molar-refractivity contribution in [3.63, 3.8) is 0 Å². The first-order valence-electron chi connectivity index (χ1n) is 5.46. The number of rotatable bonds is 6. The van der Waals surface area contributed by atoms with Crippen LogP contribution < -0.4 is 11.1 Å². The summed E-state index contributed by atoms with van der Waals surface area (Å²) in [5.41, 5.74) is 5.49. The SMILES string of the molecule is CCCC(C(=O)NCc1cccs1)/C(N)=N/O. The van der Waals surface area contributed by atoms with Gasteiger partial charge >= 0.3 is 0 Å². The van der Waals surface area contributed by atoms with Crippen LogP contribution in [0.2, 0.25) is 0 Å². The third-order valence-electron chi connectivity index (χ3n) is 2.38. The molecule has 17 heavy (non-hydrogen) atoms. The van der Waals surface area contributed by atoms with E-state index in [1.54, 1.807) is 11.3 Å². The van der Waals surface area contributed by atoms with Gasteiger partial charge in [0.2, 0.25) is 5.91 Å². The largest absolute Gasteiger partial charge is 0.409 e. The number of hydrogen-bond donors (Lipinski definition) is 3. The molecule has 0 bridgehead atoms. The first kappa shape index (κ1) is 13.5. The highest BCUT2D eigenvalue weighted by atomic mass is 32.1. The quantitative estimate of drug-likeness (QED) is 0.312. The van der Waals surface area contributed by atoms with E-state index in [1.807, 2.05) is 24.4 Å². The van der Waals surface area contributed by atoms with Gasteiger partial charge in [-0.05, 0) is 17.9 Å². The number of amides is 1. The lowest BCUT2D eigenvalue weighted by molar-refractivity contribution is -0.123. The molecule has 0 saturated heterocycles. The minimum absolute atomic E-state index is 0.0319. The van der Waals surface area contributed by atoms with E-state index in [0.29, 0.717) is 13.0 Å². The maximum absolute atomic E-state index is 11.9. The number of thiophene rings is 1. The Kier molecular flexibility index (Phi) is 5.48. The van der Waals surface area contributed by atoms with E-state index in [4.69, 9.17) is 10.9 Å². The number of oxime groups is 1. The molecule has 0 fully saturated rings. The predicted molar refractivity (Wildman–Crippen MR) is 68.0 cm³/mol. The summed E-state index contributed by atoms with van der Waals surface area (Å²) in [6.07, 6.45) is 1.37. The zero-order valence-electron chi connectivity index (χ0n) is 9.72. The summed E-state index contributed by atoms with van der Waals surface area (Å²) in [5, 5.41) is 16.3. The molecule has 0 aromatic carbocycles. The smallest absolute Gasteiger partial charge is 0.231 e. The summed E-state index contributed by atoms with van der Waals surface area (Å²) in [6.45, 7) is 2.43. The van der Waals surface area contributed by atoms with Crippen LogP contribution in [0.4, 0.5) is 0 Å². The Balaban J connectivity index is 2.53. The van der Waals surface area contributed by atoms with Gasteiger partial charge in [0.15, 0.2) is 5.84 Å². The molecular formula is C11H17N3O2S. The van der Waals surface area contributed by atoms with Crippen LogP contribution in [-0.4, -0.2) is 17.0 Å². The average Bonchev–Trinajstić information content (AvgIpc) is 2.85. The molecule has 1 aromatic rings. The second-order valence-corrected chi connectivity index (χ2v) is 4.70. The second kappa shape index (κ2) is 6.90. The molecule has 0 radical (unpaired) electrons. The van der Waals surface area contributed by atoms with E-state index in [0.717, 1.165) is 11.3 Å². The molecule has 1 aromatic heterocycles. The van der Waals surface area contributed by atoms with Gasteiger partial charge in [-0.3, -0.25) is 4.79 Å². The summed E-state index contributed by atoms with van der Waals surface area (Å²) in [4.78, 5) is 12.9. The van der Waals surface area contributed by atoms with Gasteiger partial charge in [-0.25, -0.2) is 0 Å². The van der Waals surface area contributed by atoms with Crippen LogP contribution in [0, 0.1) is 5.92 Å². The molecule has 1 amide bonds. The molecule has 0 aliphatic carbocycles. The van der Waals surface area contributed by atoms with E-state index >= 15 is 0 Å². The maximum atomic E-state index is 11.9. The summed E-state index contributed by atoms with van der Waals surface area (Å²) in [5.74, 6) is -0.781. The van der Waals surface area contributed by atoms with Crippen molar-refractivity contribution in [2.75, 3.05) is 0 Å². The average molecular weight is 255 g/mol. The number of nitrogens with zero attached hydrogens (tertiary/aromatic N) is 1. The Bertz CT molecular complexity index is 376. The Morgan fingerprint density at radius 1 is 1.71 bits per heavy atom. The minimum Gasteiger partial charge on any atom is -0.409 e. The lowest BCUT2D eigenvalue weighted by atomic mass is 10.0. The fourth-order valence-electron chi connectivity index (χ4n) is 1.48. The van der Waals surface area contributed by atoms with Gasteiger partial charge in [0, 0.05) is 4.88 Å². The molecule has 6 heteroatoms. The zero-order valence-corrected chi connectivity index (χ0v) is 10.5. The van der Waals surface area contributed by atoms with Crippen molar-refractivity contribution in [2.45, 2.75) is 26.3 Å². The molecule has 1 unspecified atom stereocenters. The van der Waals surface area contributed by atoms with Gasteiger partial charge in [0.05, 0.1) is 12.5 Å². The molecule has 1 atom stereocenters. The molecule has 94 valence electrons. The van der Waals surface area contributed by atoms with Crippen molar-refractivity contribution >= 4 is 23.1 Å². The Morgan fingerprint density at radius 2 is 2.47 bits per heavy atom. The van der Waals surface area contributed by atoms with Gasteiger partial charge < -0.3 is 16.3 Å². The monoisotopic (exact) mass is 255 g/mol. The van der Waals surface area contributed by atoms with Crippen molar-refractivity contribution in [3.05, 3.63) is 22.4 Å². The van der Waals surface area contributed by atoms with Crippen molar-refractivity contribution in [2.24, 2.45) is 16.8 Å². The zero-order chi connectivity index (χ0) is 12.7. The van der Waals surface area contributed by atoms with Gasteiger partial charge in [-0.1, -0.05) is 24.6 Å². The fourth-order valence-corrected chi connectivity index (χ4v) is 2.13. The van der Waals surface area contributed by atoms with Gasteiger partial charge in [-0.2, -0.15) is 0 Å². The van der Waals surface area contributed by atoms with Gasteiger partial charge in [-0.15, -0.1) is 11.3 Å². The molecule has 0 aliphatic rings. The van der Waals surface area contributed by atoms with Crippen LogP contribution in [-0.2, 0) is 11.3 Å². The summed E-state index contributed by atoms with van der Waals surface area (Å²) in [6, 6.07) is 3.88. The lowest BCUT2D eigenvalue weighted by Gasteiger charge is -2.14. The van der Waals surface area contributed by atoms with Crippen LogP contribution in [0.3, 0.4) is 0 Å². The second-order valence-electron chi connectivity index (χ2n) is 3.66. The van der Waals surface area contributed by atoms with E-state index in [-0.39, 0.29) is 11.7 Å². The number of hydrogen-bond acceptors (Lipinski definition) is 4. The standard InChI is InChI=1S/C11H17N3O2S/c1-2-4-9(10(12)14-16)11(15)13-7-8-5-3-6-17-8/h3,5-6,9,16H,2,4,7H2,1H3,(H2,12,14)(H,13,15). The fraction of sp³-hybridized carbons (Fsp3) is 0.455. The van der Waals surface area contributed by atoms with Crippen LogP contribution in [0.1, 0.15) is 24.6 Å². The first-order chi connectivity index (χ1) is 8.19. The number of carbonyl (C=O) groups is 1. The molecule has 0 aliphatic heterocycles. The predicted octanol–water partition coefficient (Wildman–Crippen LogP) is 1.53. The van der Waals surface area contributed by atoms with Gasteiger partial charge in [0.25, 0.3) is 0 Å². The molecule has 1 heterocycles. The van der Waals surface area contributed by atoms with E-state index in [9.17, 15) is 4.79 Å². The molecule has 0 saturated carbocycles. The van der Waals surface area contributed by atoms with E-state index in [1.165, 1.54) is 0 Å². The van der Waals surface area contributed by atoms with Crippen LogP contribution in [0.15, 0.2) is 22.7 Å². The topological polar surface area (TPSA) is 87.7 Å². The molecule has 1 rings (SSSR count). The highest BCUT2D eigenvalue weighted by Gasteiger charge is 2.21. The summed E-state index contributed by atoms with van der Waals surface area (Å²) in [7, 11) is 0. The highest BCUT2D eigenvalue weighted by Crippen LogP contribution is 2.10. The summed E-state index contributed by atoms with van der Waals surface area (Å²) < 4.78 is 0. The normalized spacial score (nSPS) is 13.4. The van der Waals surface area contributed by atoms with E-state index < -0.39 is 5.92 Å². The Labute approximate surface area is 104 Å². The third-order valence-corrected chi connectivity index (χ3v) is 3.26. The molecule has 4 N–H and O–H groups in total. The van der Waals surface area contributed by atoms with Crippen molar-refractivity contribution in [1.82, 2.24) is 5.32 Å². The molecular weight excluding hydrogens is 238 g/mol. The number of nitrogens with two attached hydrogens (primary N) is 1. The first-order valence-corrected chi connectivity index (χ1v) is 6.34. The van der Waals surface area contributed by atoms with Crippen molar-refractivity contribution in [3.8, 4) is 0 Å².